The molecule has 0 radical (unpaired) electrons. The number of nitrogens with one attached hydrogen (secondary N) is 1. The standard InChI is InChI=1S/C15H29N3O/c1-15(2,18-9-6-16-7-10-18)11-14(19)13-5-4-8-17(3)12-13/h13,16H,4-12H2,1-3H3. The van der Waals surface area contributed by atoms with Crippen LogP contribution in [0.3, 0.4) is 0 Å². The van der Waals surface area contributed by atoms with Gasteiger partial charge in [-0.05, 0) is 40.3 Å². The van der Waals surface area contributed by atoms with Crippen molar-refractivity contribution in [2.24, 2.45) is 5.92 Å². The third-order valence-electron chi connectivity index (χ3n) is 4.66. The molecule has 1 N–H and O–H groups in total. The van der Waals surface area contributed by atoms with Crippen molar-refractivity contribution in [3.8, 4) is 0 Å². The molecule has 19 heavy (non-hydrogen) atoms. The number of carbonyl (C=O) groups excluding carboxylic acids is 1. The Hall–Kier alpha value is -0.450. The Morgan fingerprint density at radius 1 is 1.26 bits per heavy atom. The molecular weight excluding hydrogens is 238 g/mol. The molecule has 2 aliphatic heterocycles. The van der Waals surface area contributed by atoms with Gasteiger partial charge in [0.05, 0.1) is 0 Å². The smallest absolute Gasteiger partial charge is 0.139 e. The lowest BCUT2D eigenvalue weighted by molar-refractivity contribution is -0.127. The van der Waals surface area contributed by atoms with Crippen LogP contribution in [0.1, 0.15) is 33.1 Å². The van der Waals surface area contributed by atoms with Gasteiger partial charge in [0, 0.05) is 50.6 Å². The van der Waals surface area contributed by atoms with Crippen LogP contribution in [0.15, 0.2) is 0 Å². The number of Topliss-reactive ketones (excluding diaryl/α,β-unsaturated/α-hetero) is 1. The summed E-state index contributed by atoms with van der Waals surface area (Å²) in [6.45, 7) is 10.8. The van der Waals surface area contributed by atoms with E-state index in [4.69, 9.17) is 0 Å². The maximum atomic E-state index is 12.5. The molecule has 0 aromatic carbocycles. The van der Waals surface area contributed by atoms with Crippen LogP contribution in [0.25, 0.3) is 0 Å². The number of nitrogens with zero attached hydrogens (tertiary/aromatic N) is 2. The molecule has 2 heterocycles. The molecule has 0 bridgehead atoms. The first-order chi connectivity index (χ1) is 8.99. The minimum Gasteiger partial charge on any atom is -0.314 e. The first kappa shape index (κ1) is 14.9. The lowest BCUT2D eigenvalue weighted by Crippen LogP contribution is -2.54. The number of likely N-dealkylation sites (tertiary alicyclic amines) is 1. The second-order valence-electron chi connectivity index (χ2n) is 6.79. The summed E-state index contributed by atoms with van der Waals surface area (Å²) in [6.07, 6.45) is 2.95. The first-order valence-corrected chi connectivity index (χ1v) is 7.66. The molecule has 4 nitrogen and oxygen atoms in total. The fourth-order valence-corrected chi connectivity index (χ4v) is 3.38. The van der Waals surface area contributed by atoms with Gasteiger partial charge in [0.15, 0.2) is 0 Å². The molecule has 2 saturated heterocycles. The van der Waals surface area contributed by atoms with Gasteiger partial charge in [-0.1, -0.05) is 0 Å². The fourth-order valence-electron chi connectivity index (χ4n) is 3.38. The summed E-state index contributed by atoms with van der Waals surface area (Å²) in [5.74, 6) is 0.732. The second kappa shape index (κ2) is 6.33. The molecule has 1 atom stereocenters. The Labute approximate surface area is 117 Å². The molecule has 2 fully saturated rings. The van der Waals surface area contributed by atoms with Gasteiger partial charge in [0.1, 0.15) is 5.78 Å². The summed E-state index contributed by atoms with van der Waals surface area (Å²) in [4.78, 5) is 17.3. The molecule has 110 valence electrons. The van der Waals surface area contributed by atoms with E-state index in [2.05, 4.69) is 36.0 Å². The van der Waals surface area contributed by atoms with Crippen molar-refractivity contribution in [2.45, 2.75) is 38.6 Å². The van der Waals surface area contributed by atoms with Crippen molar-refractivity contribution in [3.63, 3.8) is 0 Å². The molecule has 0 aromatic heterocycles. The van der Waals surface area contributed by atoms with E-state index < -0.39 is 0 Å². The highest BCUT2D eigenvalue weighted by molar-refractivity contribution is 5.82. The van der Waals surface area contributed by atoms with E-state index in [-0.39, 0.29) is 11.5 Å². The van der Waals surface area contributed by atoms with E-state index in [9.17, 15) is 4.79 Å². The normalized spacial score (nSPS) is 27.4. The van der Waals surface area contributed by atoms with E-state index in [0.717, 1.165) is 45.7 Å². The first-order valence-electron chi connectivity index (χ1n) is 7.66. The summed E-state index contributed by atoms with van der Waals surface area (Å²) in [7, 11) is 2.13. The van der Waals surface area contributed by atoms with Crippen molar-refractivity contribution in [1.82, 2.24) is 15.1 Å². The Kier molecular flexibility index (Phi) is 4.98. The molecule has 1 unspecified atom stereocenters. The number of piperidine rings is 1. The van der Waals surface area contributed by atoms with Crippen LogP contribution in [-0.4, -0.2) is 67.4 Å². The van der Waals surface area contributed by atoms with Crippen LogP contribution in [0.2, 0.25) is 0 Å². The molecule has 4 heteroatoms. The van der Waals surface area contributed by atoms with Crippen molar-refractivity contribution < 1.29 is 4.79 Å². The highest BCUT2D eigenvalue weighted by Gasteiger charge is 2.33. The van der Waals surface area contributed by atoms with Crippen LogP contribution >= 0.6 is 0 Å². The Morgan fingerprint density at radius 2 is 1.95 bits per heavy atom. The van der Waals surface area contributed by atoms with Gasteiger partial charge in [-0.15, -0.1) is 0 Å². The maximum absolute atomic E-state index is 12.5. The van der Waals surface area contributed by atoms with Crippen molar-refractivity contribution in [1.29, 1.82) is 0 Å². The average Bonchev–Trinajstić information content (AvgIpc) is 2.39. The van der Waals surface area contributed by atoms with Gasteiger partial charge in [0.2, 0.25) is 0 Å². The zero-order chi connectivity index (χ0) is 13.9. The van der Waals surface area contributed by atoms with Crippen LogP contribution < -0.4 is 5.32 Å². The second-order valence-corrected chi connectivity index (χ2v) is 6.79. The monoisotopic (exact) mass is 267 g/mol. The summed E-state index contributed by atoms with van der Waals surface area (Å²) in [5, 5.41) is 3.38. The summed E-state index contributed by atoms with van der Waals surface area (Å²) >= 11 is 0. The lowest BCUT2D eigenvalue weighted by Gasteiger charge is -2.42. The molecule has 0 aliphatic carbocycles. The maximum Gasteiger partial charge on any atom is 0.139 e. The number of piperazine rings is 1. The van der Waals surface area contributed by atoms with Crippen LogP contribution in [0.4, 0.5) is 0 Å². The Bertz CT molecular complexity index is 311. The number of ketones is 1. The summed E-state index contributed by atoms with van der Waals surface area (Å²) in [5.41, 5.74) is 0.00913. The molecular formula is C15H29N3O. The Balaban J connectivity index is 1.89. The highest BCUT2D eigenvalue weighted by atomic mass is 16.1. The van der Waals surface area contributed by atoms with E-state index in [1.807, 2.05) is 0 Å². The topological polar surface area (TPSA) is 35.6 Å². The van der Waals surface area contributed by atoms with Gasteiger partial charge < -0.3 is 10.2 Å². The van der Waals surface area contributed by atoms with Gasteiger partial charge in [0.25, 0.3) is 0 Å². The largest absolute Gasteiger partial charge is 0.314 e. The molecule has 2 aliphatic rings. The van der Waals surface area contributed by atoms with Gasteiger partial charge in [-0.2, -0.15) is 0 Å². The quantitative estimate of drug-likeness (QED) is 0.823. The van der Waals surface area contributed by atoms with E-state index in [1.54, 1.807) is 0 Å². The summed E-state index contributed by atoms with van der Waals surface area (Å²) < 4.78 is 0. The van der Waals surface area contributed by atoms with Crippen LogP contribution in [0, 0.1) is 5.92 Å². The fraction of sp³-hybridized carbons (Fsp3) is 0.933. The number of hydrogen-bond donors (Lipinski definition) is 1. The van der Waals surface area contributed by atoms with Crippen LogP contribution in [-0.2, 0) is 4.79 Å². The number of rotatable bonds is 4. The predicted molar refractivity (Wildman–Crippen MR) is 78.4 cm³/mol. The van der Waals surface area contributed by atoms with Crippen LogP contribution in [0.5, 0.6) is 0 Å². The summed E-state index contributed by atoms with van der Waals surface area (Å²) in [6, 6.07) is 0. The zero-order valence-corrected chi connectivity index (χ0v) is 12.7. The van der Waals surface area contributed by atoms with Gasteiger partial charge in [-0.3, -0.25) is 9.69 Å². The third-order valence-corrected chi connectivity index (χ3v) is 4.66. The van der Waals surface area contributed by atoms with Crippen molar-refractivity contribution >= 4 is 5.78 Å². The van der Waals surface area contributed by atoms with Gasteiger partial charge >= 0.3 is 0 Å². The minimum atomic E-state index is 0.00913. The van der Waals surface area contributed by atoms with E-state index in [1.165, 1.54) is 6.42 Å². The third kappa shape index (κ3) is 4.01. The molecule has 0 aromatic rings. The van der Waals surface area contributed by atoms with Gasteiger partial charge in [-0.25, -0.2) is 0 Å². The molecule has 0 spiro atoms. The SMILES string of the molecule is CN1CCCC(C(=O)CC(C)(C)N2CCNCC2)C1. The van der Waals surface area contributed by atoms with Crippen molar-refractivity contribution in [2.75, 3.05) is 46.3 Å². The van der Waals surface area contributed by atoms with E-state index in [0.29, 0.717) is 12.2 Å². The highest BCUT2D eigenvalue weighted by Crippen LogP contribution is 2.25. The Morgan fingerprint density at radius 3 is 2.58 bits per heavy atom. The zero-order valence-electron chi connectivity index (χ0n) is 12.7. The number of hydrogen-bond acceptors (Lipinski definition) is 4. The minimum absolute atomic E-state index is 0.00913. The lowest BCUT2D eigenvalue weighted by atomic mass is 9.85. The predicted octanol–water partition coefficient (Wildman–Crippen LogP) is 0.971. The van der Waals surface area contributed by atoms with E-state index >= 15 is 0 Å². The van der Waals surface area contributed by atoms with Crippen molar-refractivity contribution in [3.05, 3.63) is 0 Å². The average molecular weight is 267 g/mol. The molecule has 0 amide bonds. The molecule has 2 rings (SSSR count). The molecule has 0 saturated carbocycles. The number of carbonyl (C=O) groups is 1.